The fourth-order valence-electron chi connectivity index (χ4n) is 1.63. The highest BCUT2D eigenvalue weighted by Gasteiger charge is 2.14. The number of aromatic nitrogens is 1. The number of nitrogens with two attached hydrogens (primary N) is 1. The van der Waals surface area contributed by atoms with Crippen LogP contribution in [0.2, 0.25) is 5.02 Å². The van der Waals surface area contributed by atoms with Gasteiger partial charge in [-0.2, -0.15) is 0 Å². The van der Waals surface area contributed by atoms with Crippen molar-refractivity contribution < 1.29 is 8.42 Å². The Morgan fingerprint density at radius 2 is 1.85 bits per heavy atom. The fourth-order valence-corrected chi connectivity index (χ4v) is 2.75. The van der Waals surface area contributed by atoms with E-state index in [9.17, 15) is 8.42 Å². The number of nitrogens with one attached hydrogen (secondary N) is 1. The van der Waals surface area contributed by atoms with Crippen LogP contribution in [0.15, 0.2) is 47.5 Å². The molecule has 0 spiro atoms. The molecule has 0 amide bonds. The predicted molar refractivity (Wildman–Crippen MR) is 79.3 cm³/mol. The Balaban J connectivity index is 2.19. The topological polar surface area (TPSA) is 85.1 Å². The highest BCUT2D eigenvalue weighted by Crippen LogP contribution is 2.16. The molecule has 0 unspecified atom stereocenters. The van der Waals surface area contributed by atoms with Gasteiger partial charge < -0.3 is 5.73 Å². The molecule has 3 N–H and O–H groups in total. The first-order valence-electron chi connectivity index (χ1n) is 5.94. The second kappa shape index (κ2) is 6.21. The number of rotatable bonds is 5. The molecule has 1 aromatic heterocycles. The smallest absolute Gasteiger partial charge is 0.263 e. The predicted octanol–water partition coefficient (Wildman–Crippen LogP) is 2.04. The van der Waals surface area contributed by atoms with E-state index < -0.39 is 10.0 Å². The molecule has 0 aliphatic heterocycles. The first kappa shape index (κ1) is 14.8. The second-order valence-electron chi connectivity index (χ2n) is 4.15. The maximum Gasteiger partial charge on any atom is 0.263 e. The minimum absolute atomic E-state index is 0.176. The molecule has 2 aromatic rings. The second-order valence-corrected chi connectivity index (χ2v) is 6.27. The molecule has 7 heteroatoms. The van der Waals surface area contributed by atoms with E-state index in [0.717, 1.165) is 5.56 Å². The third-order valence-corrected chi connectivity index (χ3v) is 4.23. The Kier molecular flexibility index (Phi) is 4.59. The average molecular weight is 312 g/mol. The molecule has 0 fully saturated rings. The molecule has 1 aromatic carbocycles. The van der Waals surface area contributed by atoms with Gasteiger partial charge in [-0.1, -0.05) is 23.7 Å². The Morgan fingerprint density at radius 1 is 1.15 bits per heavy atom. The van der Waals surface area contributed by atoms with Crippen molar-refractivity contribution in [2.24, 2.45) is 5.73 Å². The number of sulfonamides is 1. The van der Waals surface area contributed by atoms with Gasteiger partial charge in [-0.25, -0.2) is 13.4 Å². The molecule has 0 bridgehead atoms. The molecule has 1 heterocycles. The van der Waals surface area contributed by atoms with Crippen LogP contribution in [0.1, 0.15) is 5.56 Å². The molecular formula is C13H14ClN3O2S. The summed E-state index contributed by atoms with van der Waals surface area (Å²) < 4.78 is 26.7. The lowest BCUT2D eigenvalue weighted by Crippen LogP contribution is -2.14. The number of nitrogens with zero attached hydrogens (tertiary/aromatic N) is 1. The summed E-state index contributed by atoms with van der Waals surface area (Å²) >= 11 is 5.70. The molecule has 0 atom stereocenters. The van der Waals surface area contributed by atoms with Gasteiger partial charge in [0.05, 0.1) is 9.92 Å². The van der Waals surface area contributed by atoms with E-state index in [1.807, 2.05) is 0 Å². The van der Waals surface area contributed by atoms with Crippen LogP contribution in [0.5, 0.6) is 0 Å². The standard InChI is InChI=1S/C13H14ClN3O2S/c14-11-3-6-13(16-9-11)17-20(18,19)12-4-1-10(2-5-12)7-8-15/h1-6,9H,7-8,15H2,(H,16,17). The third kappa shape index (κ3) is 3.69. The zero-order valence-electron chi connectivity index (χ0n) is 10.6. The Morgan fingerprint density at radius 3 is 2.40 bits per heavy atom. The van der Waals surface area contributed by atoms with E-state index in [-0.39, 0.29) is 10.7 Å². The Hall–Kier alpha value is -1.63. The van der Waals surface area contributed by atoms with Gasteiger partial charge in [0.25, 0.3) is 10.0 Å². The minimum atomic E-state index is -3.64. The summed E-state index contributed by atoms with van der Waals surface area (Å²) in [7, 11) is -3.64. The van der Waals surface area contributed by atoms with Gasteiger partial charge in [0, 0.05) is 6.20 Å². The Labute approximate surface area is 122 Å². The monoisotopic (exact) mass is 311 g/mol. The van der Waals surface area contributed by atoms with Gasteiger partial charge in [-0.15, -0.1) is 0 Å². The van der Waals surface area contributed by atoms with Crippen LogP contribution >= 0.6 is 11.6 Å². The number of hydrogen-bond donors (Lipinski definition) is 2. The van der Waals surface area contributed by atoms with Crippen LogP contribution in [0.4, 0.5) is 5.82 Å². The van der Waals surface area contributed by atoms with Crippen LogP contribution in [0, 0.1) is 0 Å². The number of halogens is 1. The summed E-state index contributed by atoms with van der Waals surface area (Å²) in [4.78, 5) is 4.07. The lowest BCUT2D eigenvalue weighted by atomic mass is 10.2. The molecule has 0 saturated carbocycles. The fraction of sp³-hybridized carbons (Fsp3) is 0.154. The van der Waals surface area contributed by atoms with Gasteiger partial charge in [0.15, 0.2) is 0 Å². The normalized spacial score (nSPS) is 11.3. The van der Waals surface area contributed by atoms with Crippen molar-refractivity contribution in [1.29, 1.82) is 0 Å². The lowest BCUT2D eigenvalue weighted by Gasteiger charge is -2.08. The molecule has 0 radical (unpaired) electrons. The zero-order chi connectivity index (χ0) is 14.6. The van der Waals surface area contributed by atoms with Crippen molar-refractivity contribution in [2.75, 3.05) is 11.3 Å². The van der Waals surface area contributed by atoms with Gasteiger partial charge in [0.1, 0.15) is 5.82 Å². The first-order valence-corrected chi connectivity index (χ1v) is 7.81. The molecular weight excluding hydrogens is 298 g/mol. The lowest BCUT2D eigenvalue weighted by molar-refractivity contribution is 0.601. The van der Waals surface area contributed by atoms with E-state index in [4.69, 9.17) is 17.3 Å². The number of benzene rings is 1. The van der Waals surface area contributed by atoms with Gasteiger partial charge >= 0.3 is 0 Å². The van der Waals surface area contributed by atoms with Gasteiger partial charge in [-0.05, 0) is 42.8 Å². The molecule has 5 nitrogen and oxygen atoms in total. The van der Waals surface area contributed by atoms with Crippen LogP contribution in [-0.2, 0) is 16.4 Å². The number of anilines is 1. The molecule has 0 saturated heterocycles. The van der Waals surface area contributed by atoms with E-state index in [2.05, 4.69) is 9.71 Å². The molecule has 20 heavy (non-hydrogen) atoms. The number of hydrogen-bond acceptors (Lipinski definition) is 4. The Bertz CT molecular complexity index is 670. The van der Waals surface area contributed by atoms with Gasteiger partial charge in [0.2, 0.25) is 0 Å². The largest absolute Gasteiger partial charge is 0.330 e. The summed E-state index contributed by atoms with van der Waals surface area (Å²) in [6.45, 7) is 0.527. The summed E-state index contributed by atoms with van der Waals surface area (Å²) in [6.07, 6.45) is 2.09. The van der Waals surface area contributed by atoms with Gasteiger partial charge in [-0.3, -0.25) is 4.72 Å². The molecule has 2 rings (SSSR count). The quantitative estimate of drug-likeness (QED) is 0.885. The summed E-state index contributed by atoms with van der Waals surface area (Å²) in [5.74, 6) is 0.223. The van der Waals surface area contributed by atoms with E-state index in [0.29, 0.717) is 18.0 Å². The SMILES string of the molecule is NCCc1ccc(S(=O)(=O)Nc2ccc(Cl)cn2)cc1. The van der Waals surface area contributed by atoms with Crippen molar-refractivity contribution >= 4 is 27.4 Å². The van der Waals surface area contributed by atoms with Crippen molar-refractivity contribution in [3.8, 4) is 0 Å². The molecule has 106 valence electrons. The van der Waals surface area contributed by atoms with Crippen molar-refractivity contribution in [2.45, 2.75) is 11.3 Å². The summed E-state index contributed by atoms with van der Waals surface area (Å²) in [5, 5.41) is 0.444. The average Bonchev–Trinajstić information content (AvgIpc) is 2.42. The van der Waals surface area contributed by atoms with Crippen molar-refractivity contribution in [3.05, 3.63) is 53.2 Å². The highest BCUT2D eigenvalue weighted by molar-refractivity contribution is 7.92. The van der Waals surface area contributed by atoms with Crippen LogP contribution in [0.25, 0.3) is 0 Å². The summed E-state index contributed by atoms with van der Waals surface area (Å²) in [6, 6.07) is 9.65. The molecule has 0 aliphatic carbocycles. The minimum Gasteiger partial charge on any atom is -0.330 e. The summed E-state index contributed by atoms with van der Waals surface area (Å²) in [5.41, 5.74) is 6.45. The van der Waals surface area contributed by atoms with Crippen LogP contribution in [0.3, 0.4) is 0 Å². The molecule has 0 aliphatic rings. The van der Waals surface area contributed by atoms with Crippen molar-refractivity contribution in [3.63, 3.8) is 0 Å². The van der Waals surface area contributed by atoms with Crippen molar-refractivity contribution in [1.82, 2.24) is 4.98 Å². The van der Waals surface area contributed by atoms with E-state index in [1.54, 1.807) is 30.3 Å². The number of pyridine rings is 1. The third-order valence-electron chi connectivity index (χ3n) is 2.63. The highest BCUT2D eigenvalue weighted by atomic mass is 35.5. The van der Waals surface area contributed by atoms with E-state index >= 15 is 0 Å². The maximum absolute atomic E-state index is 12.1. The van der Waals surface area contributed by atoms with Crippen LogP contribution in [-0.4, -0.2) is 19.9 Å². The van der Waals surface area contributed by atoms with E-state index in [1.165, 1.54) is 12.3 Å². The first-order chi connectivity index (χ1) is 9.51. The maximum atomic E-state index is 12.1. The zero-order valence-corrected chi connectivity index (χ0v) is 12.2. The van der Waals surface area contributed by atoms with Crippen LogP contribution < -0.4 is 10.5 Å².